The van der Waals surface area contributed by atoms with Crippen LogP contribution in [0.3, 0.4) is 0 Å². The van der Waals surface area contributed by atoms with E-state index in [-0.39, 0.29) is 16.4 Å². The lowest BCUT2D eigenvalue weighted by Gasteiger charge is -2.06. The lowest BCUT2D eigenvalue weighted by Crippen LogP contribution is -2.14. The van der Waals surface area contributed by atoms with Crippen LogP contribution in [0.5, 0.6) is 0 Å². The number of pyridine rings is 2. The van der Waals surface area contributed by atoms with E-state index in [9.17, 15) is 8.42 Å². The van der Waals surface area contributed by atoms with Crippen LogP contribution in [0.25, 0.3) is 0 Å². The van der Waals surface area contributed by atoms with Crippen molar-refractivity contribution in [1.29, 1.82) is 5.26 Å². The second-order valence-corrected chi connectivity index (χ2v) is 5.57. The number of sulfonamides is 1. The van der Waals surface area contributed by atoms with Gasteiger partial charge in [0.15, 0.2) is 0 Å². The summed E-state index contributed by atoms with van der Waals surface area (Å²) in [6, 6.07) is 7.33. The molecule has 8 heteroatoms. The minimum Gasteiger partial charge on any atom is -0.263 e. The largest absolute Gasteiger partial charge is 0.264 e. The Bertz CT molecular complexity index is 738. The summed E-state index contributed by atoms with van der Waals surface area (Å²) in [5.41, 5.74) is 0.139. The third-order valence-electron chi connectivity index (χ3n) is 2.12. The van der Waals surface area contributed by atoms with Gasteiger partial charge in [-0.05, 0) is 18.2 Å². The van der Waals surface area contributed by atoms with Gasteiger partial charge in [0.1, 0.15) is 22.5 Å². The molecule has 0 aliphatic heterocycles. The van der Waals surface area contributed by atoms with E-state index >= 15 is 0 Å². The highest BCUT2D eigenvalue weighted by Crippen LogP contribution is 2.16. The number of hydrogen-bond donors (Lipinski definition) is 1. The Kier molecular flexibility index (Phi) is 3.64. The molecular weight excluding hydrogens is 288 g/mol. The van der Waals surface area contributed by atoms with Gasteiger partial charge in [0.05, 0.1) is 0 Å². The minimum absolute atomic E-state index is 0.0618. The Balaban J connectivity index is 2.30. The second kappa shape index (κ2) is 5.22. The summed E-state index contributed by atoms with van der Waals surface area (Å²) in [7, 11) is -3.80. The molecule has 0 aromatic carbocycles. The molecule has 0 fully saturated rings. The van der Waals surface area contributed by atoms with E-state index < -0.39 is 10.0 Å². The van der Waals surface area contributed by atoms with Crippen molar-refractivity contribution in [3.63, 3.8) is 0 Å². The first-order chi connectivity index (χ1) is 9.01. The van der Waals surface area contributed by atoms with Gasteiger partial charge in [0.2, 0.25) is 0 Å². The number of nitriles is 1. The van der Waals surface area contributed by atoms with Crippen molar-refractivity contribution in [3.05, 3.63) is 47.4 Å². The van der Waals surface area contributed by atoms with Gasteiger partial charge in [0, 0.05) is 23.5 Å². The number of hydrogen-bond acceptors (Lipinski definition) is 5. The highest BCUT2D eigenvalue weighted by atomic mass is 35.5. The normalized spacial score (nSPS) is 10.7. The fourth-order valence-electron chi connectivity index (χ4n) is 1.26. The number of rotatable bonds is 3. The first-order valence-corrected chi connectivity index (χ1v) is 6.88. The summed E-state index contributed by atoms with van der Waals surface area (Å²) in [6.07, 6.45) is 2.49. The fraction of sp³-hybridized carbons (Fsp3) is 0. The molecule has 2 heterocycles. The maximum absolute atomic E-state index is 12.0. The molecule has 0 aliphatic rings. The average Bonchev–Trinajstić information content (AvgIpc) is 2.38. The Morgan fingerprint density at radius 3 is 2.63 bits per heavy atom. The van der Waals surface area contributed by atoms with Crippen molar-refractivity contribution in [2.75, 3.05) is 4.72 Å². The molecule has 2 rings (SSSR count). The third kappa shape index (κ3) is 3.19. The molecule has 6 nitrogen and oxygen atoms in total. The Morgan fingerprint density at radius 1 is 1.26 bits per heavy atom. The van der Waals surface area contributed by atoms with Crippen molar-refractivity contribution >= 4 is 27.4 Å². The third-order valence-corrected chi connectivity index (χ3v) is 3.70. The topological polar surface area (TPSA) is 95.7 Å². The molecule has 0 spiro atoms. The molecule has 2 aromatic heterocycles. The van der Waals surface area contributed by atoms with E-state index in [0.29, 0.717) is 5.02 Å². The molecule has 96 valence electrons. The van der Waals surface area contributed by atoms with Crippen LogP contribution < -0.4 is 4.72 Å². The first-order valence-electron chi connectivity index (χ1n) is 5.02. The van der Waals surface area contributed by atoms with E-state index in [2.05, 4.69) is 14.7 Å². The SMILES string of the molecule is N#Cc1ccc(S(=O)(=O)Nc2cc(Cl)ccn2)cn1. The fourth-order valence-corrected chi connectivity index (χ4v) is 2.37. The van der Waals surface area contributed by atoms with Crippen molar-refractivity contribution in [3.8, 4) is 6.07 Å². The summed E-state index contributed by atoms with van der Waals surface area (Å²) in [6.45, 7) is 0. The van der Waals surface area contributed by atoms with Crippen molar-refractivity contribution in [2.24, 2.45) is 0 Å². The molecule has 2 aromatic rings. The van der Waals surface area contributed by atoms with Crippen molar-refractivity contribution in [1.82, 2.24) is 9.97 Å². The molecule has 0 amide bonds. The second-order valence-electron chi connectivity index (χ2n) is 3.46. The van der Waals surface area contributed by atoms with E-state index in [1.807, 2.05) is 0 Å². The van der Waals surface area contributed by atoms with Crippen LogP contribution in [0.1, 0.15) is 5.69 Å². The summed E-state index contributed by atoms with van der Waals surface area (Å²) in [5.74, 6) is 0.108. The zero-order chi connectivity index (χ0) is 13.9. The minimum atomic E-state index is -3.80. The monoisotopic (exact) mass is 294 g/mol. The van der Waals surface area contributed by atoms with E-state index in [1.165, 1.54) is 30.5 Å². The molecule has 0 unspecified atom stereocenters. The number of anilines is 1. The molecule has 0 aliphatic carbocycles. The Hall–Kier alpha value is -2.17. The van der Waals surface area contributed by atoms with Crippen LogP contribution in [0, 0.1) is 11.3 Å². The summed E-state index contributed by atoms with van der Waals surface area (Å²) >= 11 is 5.74. The van der Waals surface area contributed by atoms with E-state index in [1.54, 1.807) is 6.07 Å². The van der Waals surface area contributed by atoms with Gasteiger partial charge >= 0.3 is 0 Å². The van der Waals surface area contributed by atoms with Crippen LogP contribution in [-0.4, -0.2) is 18.4 Å². The zero-order valence-electron chi connectivity index (χ0n) is 9.41. The van der Waals surface area contributed by atoms with Gasteiger partial charge in [-0.25, -0.2) is 18.4 Å². The number of aromatic nitrogens is 2. The van der Waals surface area contributed by atoms with Crippen LogP contribution in [-0.2, 0) is 10.0 Å². The summed E-state index contributed by atoms with van der Waals surface area (Å²) < 4.78 is 26.3. The highest BCUT2D eigenvalue weighted by molar-refractivity contribution is 7.92. The molecular formula is C11H7ClN4O2S. The summed E-state index contributed by atoms with van der Waals surface area (Å²) in [5, 5.41) is 8.96. The van der Waals surface area contributed by atoms with Gasteiger partial charge in [-0.15, -0.1) is 0 Å². The maximum Gasteiger partial charge on any atom is 0.264 e. The first kappa shape index (κ1) is 13.3. The molecule has 0 bridgehead atoms. The number of nitrogens with one attached hydrogen (secondary N) is 1. The Morgan fingerprint density at radius 2 is 2.05 bits per heavy atom. The maximum atomic E-state index is 12.0. The average molecular weight is 295 g/mol. The van der Waals surface area contributed by atoms with Crippen LogP contribution in [0.15, 0.2) is 41.6 Å². The van der Waals surface area contributed by atoms with Crippen molar-refractivity contribution < 1.29 is 8.42 Å². The Labute approximate surface area is 114 Å². The predicted molar refractivity (Wildman–Crippen MR) is 69.0 cm³/mol. The highest BCUT2D eigenvalue weighted by Gasteiger charge is 2.15. The van der Waals surface area contributed by atoms with Gasteiger partial charge in [-0.2, -0.15) is 5.26 Å². The lowest BCUT2D eigenvalue weighted by atomic mass is 10.4. The molecule has 0 saturated heterocycles. The van der Waals surface area contributed by atoms with Crippen molar-refractivity contribution in [2.45, 2.75) is 4.90 Å². The molecule has 19 heavy (non-hydrogen) atoms. The van der Waals surface area contributed by atoms with Gasteiger partial charge in [-0.1, -0.05) is 11.6 Å². The molecule has 0 saturated carbocycles. The molecule has 1 N–H and O–H groups in total. The van der Waals surface area contributed by atoms with Crippen LogP contribution in [0.4, 0.5) is 5.82 Å². The van der Waals surface area contributed by atoms with Gasteiger partial charge in [-0.3, -0.25) is 4.72 Å². The standard InChI is InChI=1S/C11H7ClN4O2S/c12-8-3-4-14-11(5-8)16-19(17,18)10-2-1-9(6-13)15-7-10/h1-5,7H,(H,14,16). The predicted octanol–water partition coefficient (Wildman–Crippen LogP) is 1.80. The molecule has 0 radical (unpaired) electrons. The van der Waals surface area contributed by atoms with Crippen LogP contribution in [0.2, 0.25) is 5.02 Å². The molecule has 0 atom stereocenters. The van der Waals surface area contributed by atoms with E-state index in [4.69, 9.17) is 16.9 Å². The zero-order valence-corrected chi connectivity index (χ0v) is 11.0. The van der Waals surface area contributed by atoms with Gasteiger partial charge < -0.3 is 0 Å². The van der Waals surface area contributed by atoms with Crippen LogP contribution >= 0.6 is 11.6 Å². The quantitative estimate of drug-likeness (QED) is 0.931. The lowest BCUT2D eigenvalue weighted by molar-refractivity contribution is 0.600. The van der Waals surface area contributed by atoms with Gasteiger partial charge in [0.25, 0.3) is 10.0 Å². The van der Waals surface area contributed by atoms with E-state index in [0.717, 1.165) is 6.20 Å². The number of halogens is 1. The summed E-state index contributed by atoms with van der Waals surface area (Å²) in [4.78, 5) is 7.47. The number of nitrogens with zero attached hydrogens (tertiary/aromatic N) is 3. The smallest absolute Gasteiger partial charge is 0.263 e.